The summed E-state index contributed by atoms with van der Waals surface area (Å²) in [7, 11) is -1.24. The molecule has 0 saturated heterocycles. The molecule has 0 fully saturated rings. The van der Waals surface area contributed by atoms with E-state index in [9.17, 15) is 15.0 Å². The van der Waals surface area contributed by atoms with Gasteiger partial charge in [0.05, 0.1) is 18.3 Å². The molecule has 0 aromatic carbocycles. The highest BCUT2D eigenvalue weighted by molar-refractivity contribution is 6.76. The highest BCUT2D eigenvalue weighted by Crippen LogP contribution is 2.24. The molecule has 4 nitrogen and oxygen atoms in total. The predicted molar refractivity (Wildman–Crippen MR) is 89.0 cm³/mol. The third kappa shape index (κ3) is 11.7. The van der Waals surface area contributed by atoms with Crippen molar-refractivity contribution in [1.82, 2.24) is 0 Å². The number of ether oxygens (including phenoxy) is 1. The molecule has 0 aliphatic carbocycles. The molecule has 0 aliphatic heterocycles. The molecule has 5 heteroatoms. The molecule has 2 N–H and O–H groups in total. The first-order valence-corrected chi connectivity index (χ1v) is 11.3. The molecule has 0 radical (unpaired) electrons. The third-order valence-corrected chi connectivity index (χ3v) is 4.68. The number of hydrogen-bond acceptors (Lipinski definition) is 4. The van der Waals surface area contributed by atoms with E-state index < -0.39 is 19.8 Å². The van der Waals surface area contributed by atoms with Gasteiger partial charge in [0.2, 0.25) is 0 Å². The zero-order chi connectivity index (χ0) is 16.7. The topological polar surface area (TPSA) is 66.8 Å². The summed E-state index contributed by atoms with van der Waals surface area (Å²) in [6, 6.07) is 1.06. The van der Waals surface area contributed by atoms with Crippen molar-refractivity contribution in [2.45, 2.75) is 77.4 Å². The van der Waals surface area contributed by atoms with Gasteiger partial charge in [-0.1, -0.05) is 31.3 Å². The van der Waals surface area contributed by atoms with Gasteiger partial charge in [-0.25, -0.2) is 0 Å². The van der Waals surface area contributed by atoms with Crippen molar-refractivity contribution in [3.05, 3.63) is 11.6 Å². The van der Waals surface area contributed by atoms with Crippen LogP contribution in [0.3, 0.4) is 0 Å². The smallest absolute Gasteiger partial charge is 0.302 e. The Bertz CT molecular complexity index is 350. The minimum absolute atomic E-state index is 0.257. The van der Waals surface area contributed by atoms with Crippen LogP contribution in [0, 0.1) is 0 Å². The molecule has 0 heterocycles. The predicted octanol–water partition coefficient (Wildman–Crippen LogP) is 3.12. The van der Waals surface area contributed by atoms with E-state index in [4.69, 9.17) is 4.74 Å². The Morgan fingerprint density at radius 2 is 1.90 bits per heavy atom. The van der Waals surface area contributed by atoms with Crippen LogP contribution < -0.4 is 0 Å². The van der Waals surface area contributed by atoms with Crippen LogP contribution in [0.5, 0.6) is 0 Å². The minimum Gasteiger partial charge on any atom is -0.466 e. The highest BCUT2D eigenvalue weighted by atomic mass is 28.3. The summed E-state index contributed by atoms with van der Waals surface area (Å²) in [6.07, 6.45) is 3.43. The van der Waals surface area contributed by atoms with Crippen LogP contribution in [0.1, 0.15) is 40.0 Å². The van der Waals surface area contributed by atoms with E-state index in [1.807, 2.05) is 0 Å². The molecule has 0 bridgehead atoms. The van der Waals surface area contributed by atoms with Gasteiger partial charge in [0.15, 0.2) is 0 Å². The minimum atomic E-state index is -1.24. The fraction of sp³-hybridized carbons (Fsp3) is 0.812. The summed E-state index contributed by atoms with van der Waals surface area (Å²) >= 11 is 0. The number of hydrogen-bond donors (Lipinski definition) is 2. The van der Waals surface area contributed by atoms with E-state index in [0.717, 1.165) is 12.5 Å². The van der Waals surface area contributed by atoms with E-state index in [2.05, 4.69) is 25.7 Å². The van der Waals surface area contributed by atoms with Crippen LogP contribution in [0.25, 0.3) is 0 Å². The molecule has 0 aliphatic rings. The Kier molecular flexibility index (Phi) is 8.44. The average Bonchev–Trinajstić information content (AvgIpc) is 2.27. The van der Waals surface area contributed by atoms with Crippen LogP contribution in [-0.2, 0) is 9.53 Å². The van der Waals surface area contributed by atoms with Gasteiger partial charge in [0.25, 0.3) is 0 Å². The Hall–Kier alpha value is -0.653. The van der Waals surface area contributed by atoms with Crippen LogP contribution >= 0.6 is 0 Å². The largest absolute Gasteiger partial charge is 0.466 e. The van der Waals surface area contributed by atoms with Crippen LogP contribution in [0.2, 0.25) is 25.7 Å². The monoisotopic (exact) mass is 316 g/mol. The number of allylic oxidation sites excluding steroid dienone is 1. The third-order valence-electron chi connectivity index (χ3n) is 3.17. The number of rotatable bonds is 9. The molecular formula is C16H32O4Si. The maximum atomic E-state index is 10.7. The lowest BCUT2D eigenvalue weighted by Crippen LogP contribution is -2.35. The Morgan fingerprint density at radius 3 is 2.33 bits per heavy atom. The average molecular weight is 317 g/mol. The summed E-state index contributed by atoms with van der Waals surface area (Å²) < 4.78 is 4.94. The van der Waals surface area contributed by atoms with E-state index in [1.54, 1.807) is 13.8 Å². The van der Waals surface area contributed by atoms with Crippen LogP contribution in [-0.4, -0.2) is 42.6 Å². The standard InChI is InChI=1S/C16H32O4Si/c1-13(17)20-11-7-8-14(12-21(4,5)6)9-10-15(18)16(2,3)19/h8,15,18-19H,7,9-12H2,1-6H3/b14-8-. The summed E-state index contributed by atoms with van der Waals surface area (Å²) in [5, 5.41) is 19.7. The van der Waals surface area contributed by atoms with Crippen molar-refractivity contribution >= 4 is 14.0 Å². The fourth-order valence-corrected chi connectivity index (χ4v) is 3.77. The lowest BCUT2D eigenvalue weighted by molar-refractivity contribution is -0.140. The van der Waals surface area contributed by atoms with Gasteiger partial charge in [-0.3, -0.25) is 4.79 Å². The molecule has 21 heavy (non-hydrogen) atoms. The number of aliphatic hydroxyl groups excluding tert-OH is 1. The molecule has 0 amide bonds. The van der Waals surface area contributed by atoms with Crippen LogP contribution in [0.15, 0.2) is 11.6 Å². The normalized spacial score (nSPS) is 15.0. The lowest BCUT2D eigenvalue weighted by Gasteiger charge is -2.26. The van der Waals surface area contributed by atoms with E-state index >= 15 is 0 Å². The molecule has 1 unspecified atom stereocenters. The van der Waals surface area contributed by atoms with Gasteiger partial charge in [-0.2, -0.15) is 0 Å². The quantitative estimate of drug-likeness (QED) is 0.297. The molecule has 0 aromatic heterocycles. The van der Waals surface area contributed by atoms with E-state index in [-0.39, 0.29) is 5.97 Å². The SMILES string of the molecule is CC(=O)OCC/C=C(/CCC(O)C(C)(C)O)C[Si](C)(C)C. The zero-order valence-electron chi connectivity index (χ0n) is 14.4. The number of esters is 1. The summed E-state index contributed by atoms with van der Waals surface area (Å²) in [6.45, 7) is 12.0. The van der Waals surface area contributed by atoms with Crippen molar-refractivity contribution < 1.29 is 19.7 Å². The first-order valence-electron chi connectivity index (χ1n) is 7.63. The van der Waals surface area contributed by atoms with Gasteiger partial charge in [-0.15, -0.1) is 0 Å². The van der Waals surface area contributed by atoms with Crippen molar-refractivity contribution in [3.63, 3.8) is 0 Å². The first-order chi connectivity index (χ1) is 9.42. The number of carbonyl (C=O) groups is 1. The van der Waals surface area contributed by atoms with Crippen molar-refractivity contribution in [3.8, 4) is 0 Å². The maximum absolute atomic E-state index is 10.7. The fourth-order valence-electron chi connectivity index (χ4n) is 2.08. The molecular weight excluding hydrogens is 284 g/mol. The van der Waals surface area contributed by atoms with Crippen molar-refractivity contribution in [2.24, 2.45) is 0 Å². The van der Waals surface area contributed by atoms with Crippen molar-refractivity contribution in [1.29, 1.82) is 0 Å². The second-order valence-electron chi connectivity index (χ2n) is 7.44. The van der Waals surface area contributed by atoms with E-state index in [0.29, 0.717) is 19.4 Å². The van der Waals surface area contributed by atoms with Gasteiger partial charge < -0.3 is 14.9 Å². The maximum Gasteiger partial charge on any atom is 0.302 e. The highest BCUT2D eigenvalue weighted by Gasteiger charge is 2.25. The van der Waals surface area contributed by atoms with Gasteiger partial charge >= 0.3 is 5.97 Å². The molecule has 0 spiro atoms. The Labute approximate surface area is 130 Å². The van der Waals surface area contributed by atoms with Gasteiger partial charge in [0.1, 0.15) is 0 Å². The summed E-state index contributed by atoms with van der Waals surface area (Å²) in [5.74, 6) is -0.257. The van der Waals surface area contributed by atoms with E-state index in [1.165, 1.54) is 12.5 Å². The molecule has 1 atom stereocenters. The lowest BCUT2D eigenvalue weighted by atomic mass is 9.95. The Balaban J connectivity index is 4.52. The second-order valence-corrected chi connectivity index (χ2v) is 12.9. The van der Waals surface area contributed by atoms with Gasteiger partial charge in [0, 0.05) is 15.0 Å². The van der Waals surface area contributed by atoms with Crippen molar-refractivity contribution in [2.75, 3.05) is 6.61 Å². The zero-order valence-corrected chi connectivity index (χ0v) is 15.4. The summed E-state index contributed by atoms with van der Waals surface area (Å²) in [4.78, 5) is 10.7. The molecule has 0 saturated carbocycles. The number of carbonyl (C=O) groups excluding carboxylic acids is 1. The Morgan fingerprint density at radius 1 is 1.33 bits per heavy atom. The second kappa shape index (κ2) is 8.71. The molecule has 0 rings (SSSR count). The van der Waals surface area contributed by atoms with Crippen LogP contribution in [0.4, 0.5) is 0 Å². The molecule has 124 valence electrons. The first kappa shape index (κ1) is 20.3. The summed E-state index contributed by atoms with van der Waals surface area (Å²) in [5.41, 5.74) is 0.228. The number of aliphatic hydroxyl groups is 2. The van der Waals surface area contributed by atoms with Gasteiger partial charge in [-0.05, 0) is 39.2 Å². The molecule has 0 aromatic rings.